The maximum Gasteiger partial charge on any atom is 0.411 e. The van der Waals surface area contributed by atoms with Crippen LogP contribution < -0.4 is 0 Å². The number of amides is 1. The summed E-state index contributed by atoms with van der Waals surface area (Å²) in [6.07, 6.45) is 0.0554. The number of hydrogen-bond acceptors (Lipinski definition) is 6. The van der Waals surface area contributed by atoms with Gasteiger partial charge >= 0.3 is 12.1 Å². The summed E-state index contributed by atoms with van der Waals surface area (Å²) in [4.78, 5) is 40.4. The van der Waals surface area contributed by atoms with E-state index < -0.39 is 30.5 Å². The molecular formula is C25H38INO6Si. The lowest BCUT2D eigenvalue weighted by molar-refractivity contribution is -0.148. The standard InChI is InChI=1S/C25H38INO6Si/c1-17-13-19(33-34(6,7)25(2,3)4)14-22(26)27(20(15-21(17)28)23(29)31-5)24(30)32-16-18-11-9-8-10-12-18/h8-12,17,19-20,22H,13-16H2,1-7H3/t17-,19+,20+,22?/m1/s1. The number of benzene rings is 1. The van der Waals surface area contributed by atoms with Gasteiger partial charge < -0.3 is 13.9 Å². The quantitative estimate of drug-likeness (QED) is 0.141. The van der Waals surface area contributed by atoms with Crippen LogP contribution in [0.25, 0.3) is 0 Å². The van der Waals surface area contributed by atoms with Crippen LogP contribution in [0.3, 0.4) is 0 Å². The number of carbonyl (C=O) groups excluding carboxylic acids is 3. The van der Waals surface area contributed by atoms with Crippen molar-refractivity contribution in [3.05, 3.63) is 35.9 Å². The Kier molecular flexibility index (Phi) is 10.1. The number of ether oxygens (including phenoxy) is 2. The second-order valence-electron chi connectivity index (χ2n) is 10.5. The molecule has 0 aliphatic carbocycles. The first-order valence-corrected chi connectivity index (χ1v) is 15.8. The Bertz CT molecular complexity index is 857. The monoisotopic (exact) mass is 603 g/mol. The van der Waals surface area contributed by atoms with Crippen LogP contribution in [-0.4, -0.2) is 54.4 Å². The fourth-order valence-corrected chi connectivity index (χ4v) is 6.26. The summed E-state index contributed by atoms with van der Waals surface area (Å²) in [5.74, 6) is -1.01. The topological polar surface area (TPSA) is 82.1 Å². The van der Waals surface area contributed by atoms with Crippen molar-refractivity contribution in [2.45, 2.75) is 87.9 Å². The van der Waals surface area contributed by atoms with E-state index in [0.29, 0.717) is 12.8 Å². The largest absolute Gasteiger partial charge is 0.467 e. The number of alkyl halides is 1. The van der Waals surface area contributed by atoms with E-state index in [9.17, 15) is 14.4 Å². The van der Waals surface area contributed by atoms with Crippen LogP contribution in [0.1, 0.15) is 52.5 Å². The number of Topliss-reactive ketones (excluding diaryl/α,β-unsaturated/α-hetero) is 1. The highest BCUT2D eigenvalue weighted by Gasteiger charge is 2.44. The fourth-order valence-electron chi connectivity index (χ4n) is 3.70. The first-order chi connectivity index (χ1) is 15.8. The summed E-state index contributed by atoms with van der Waals surface area (Å²) in [6.45, 7) is 12.8. The second-order valence-corrected chi connectivity index (χ2v) is 16.7. The molecule has 1 fully saturated rings. The molecule has 1 amide bonds. The molecule has 7 nitrogen and oxygen atoms in total. The second kappa shape index (κ2) is 12.0. The van der Waals surface area contributed by atoms with E-state index in [1.165, 1.54) is 12.0 Å². The minimum Gasteiger partial charge on any atom is -0.467 e. The maximum absolute atomic E-state index is 13.3. The van der Waals surface area contributed by atoms with E-state index in [0.717, 1.165) is 5.56 Å². The third kappa shape index (κ3) is 7.52. The average molecular weight is 604 g/mol. The van der Waals surface area contributed by atoms with Crippen molar-refractivity contribution >= 4 is 48.8 Å². The number of carbonyl (C=O) groups is 3. The number of esters is 1. The minimum absolute atomic E-state index is 0.00228. The third-order valence-electron chi connectivity index (χ3n) is 6.81. The van der Waals surface area contributed by atoms with Crippen LogP contribution in [0.4, 0.5) is 4.79 Å². The molecule has 190 valence electrons. The molecule has 34 heavy (non-hydrogen) atoms. The van der Waals surface area contributed by atoms with Crippen LogP contribution in [0.15, 0.2) is 30.3 Å². The maximum atomic E-state index is 13.3. The molecule has 1 aliphatic rings. The third-order valence-corrected chi connectivity index (χ3v) is 12.5. The Balaban J connectivity index is 2.35. The van der Waals surface area contributed by atoms with Crippen molar-refractivity contribution in [1.82, 2.24) is 4.90 Å². The number of nitrogens with zero attached hydrogens (tertiary/aromatic N) is 1. The molecule has 1 aromatic carbocycles. The molecule has 4 atom stereocenters. The Morgan fingerprint density at radius 2 is 1.76 bits per heavy atom. The molecule has 1 unspecified atom stereocenters. The molecular weight excluding hydrogens is 565 g/mol. The molecule has 0 N–H and O–H groups in total. The van der Waals surface area contributed by atoms with Gasteiger partial charge in [0.1, 0.15) is 18.4 Å². The number of rotatable bonds is 5. The number of methoxy groups -OCH3 is 1. The molecule has 1 saturated heterocycles. The first kappa shape index (κ1) is 28.8. The molecule has 2 rings (SSSR count). The summed E-state index contributed by atoms with van der Waals surface area (Å²) >= 11 is 2.16. The van der Waals surface area contributed by atoms with Crippen molar-refractivity contribution in [1.29, 1.82) is 0 Å². The van der Waals surface area contributed by atoms with Crippen LogP contribution in [0.2, 0.25) is 18.1 Å². The van der Waals surface area contributed by atoms with Gasteiger partial charge in [-0.25, -0.2) is 9.59 Å². The van der Waals surface area contributed by atoms with E-state index in [4.69, 9.17) is 13.9 Å². The Hall–Kier alpha value is -1.46. The van der Waals surface area contributed by atoms with Gasteiger partial charge in [-0.15, -0.1) is 0 Å². The summed E-state index contributed by atoms with van der Waals surface area (Å²) < 4.78 is 16.8. The van der Waals surface area contributed by atoms with E-state index in [2.05, 4.69) is 56.5 Å². The van der Waals surface area contributed by atoms with Gasteiger partial charge in [0.15, 0.2) is 8.32 Å². The molecule has 1 heterocycles. The zero-order valence-electron chi connectivity index (χ0n) is 21.3. The van der Waals surface area contributed by atoms with Crippen molar-refractivity contribution in [3.8, 4) is 0 Å². The molecule has 0 saturated carbocycles. The highest BCUT2D eigenvalue weighted by molar-refractivity contribution is 14.1. The molecule has 9 heteroatoms. The van der Waals surface area contributed by atoms with Gasteiger partial charge in [0.25, 0.3) is 0 Å². The Morgan fingerprint density at radius 3 is 2.32 bits per heavy atom. The molecule has 1 aliphatic heterocycles. The van der Waals surface area contributed by atoms with Crippen molar-refractivity contribution < 1.29 is 28.3 Å². The predicted octanol–water partition coefficient (Wildman–Crippen LogP) is 5.71. The summed E-state index contributed by atoms with van der Waals surface area (Å²) in [5, 5.41) is 0.00228. The van der Waals surface area contributed by atoms with Gasteiger partial charge in [0.2, 0.25) is 0 Å². The lowest BCUT2D eigenvalue weighted by Gasteiger charge is -2.41. The lowest BCUT2D eigenvalue weighted by Crippen LogP contribution is -2.51. The highest BCUT2D eigenvalue weighted by Crippen LogP contribution is 2.39. The average Bonchev–Trinajstić information content (AvgIpc) is 2.79. The van der Waals surface area contributed by atoms with Crippen LogP contribution in [0.5, 0.6) is 0 Å². The van der Waals surface area contributed by atoms with E-state index in [1.807, 2.05) is 37.3 Å². The molecule has 0 radical (unpaired) electrons. The van der Waals surface area contributed by atoms with Crippen molar-refractivity contribution in [2.24, 2.45) is 5.92 Å². The SMILES string of the molecule is COC(=O)[C@@H]1CC(=O)[C@H](C)C[C@H](O[Si](C)(C)C(C)(C)C)CC(I)N1C(=O)OCc1ccccc1. The van der Waals surface area contributed by atoms with Crippen LogP contribution in [-0.2, 0) is 30.1 Å². The number of halogens is 1. The number of hydrogen-bond donors (Lipinski definition) is 0. The first-order valence-electron chi connectivity index (χ1n) is 11.7. The van der Waals surface area contributed by atoms with E-state index in [-0.39, 0.29) is 35.9 Å². The van der Waals surface area contributed by atoms with Gasteiger partial charge in [-0.05, 0) is 30.1 Å². The number of ketones is 1. The lowest BCUT2D eigenvalue weighted by atomic mass is 9.94. The van der Waals surface area contributed by atoms with Gasteiger partial charge in [-0.1, -0.05) is 80.6 Å². The minimum atomic E-state index is -2.12. The summed E-state index contributed by atoms with van der Waals surface area (Å²) in [6, 6.07) is 8.29. The zero-order chi connectivity index (χ0) is 25.7. The van der Waals surface area contributed by atoms with Crippen molar-refractivity contribution in [2.75, 3.05) is 7.11 Å². The predicted molar refractivity (Wildman–Crippen MR) is 142 cm³/mol. The van der Waals surface area contributed by atoms with Gasteiger partial charge in [0.05, 0.1) is 11.2 Å². The van der Waals surface area contributed by atoms with Gasteiger partial charge in [0, 0.05) is 24.9 Å². The Morgan fingerprint density at radius 1 is 1.15 bits per heavy atom. The summed E-state index contributed by atoms with van der Waals surface area (Å²) in [7, 11) is -0.858. The fraction of sp³-hybridized carbons (Fsp3) is 0.640. The van der Waals surface area contributed by atoms with Crippen molar-refractivity contribution in [3.63, 3.8) is 0 Å². The van der Waals surface area contributed by atoms with E-state index in [1.54, 1.807) is 0 Å². The van der Waals surface area contributed by atoms with E-state index >= 15 is 0 Å². The smallest absolute Gasteiger partial charge is 0.411 e. The Labute approximate surface area is 218 Å². The van der Waals surface area contributed by atoms with Crippen LogP contribution >= 0.6 is 22.6 Å². The highest BCUT2D eigenvalue weighted by atomic mass is 127. The summed E-state index contributed by atoms with van der Waals surface area (Å²) in [5.41, 5.74) is 0.837. The zero-order valence-corrected chi connectivity index (χ0v) is 24.5. The normalized spacial score (nSPS) is 24.6. The van der Waals surface area contributed by atoms with Crippen LogP contribution in [0, 0.1) is 5.92 Å². The molecule has 0 spiro atoms. The molecule has 0 bridgehead atoms. The molecule has 0 aromatic heterocycles. The molecule has 1 aromatic rings. The van der Waals surface area contributed by atoms with Gasteiger partial charge in [-0.2, -0.15) is 0 Å². The van der Waals surface area contributed by atoms with Gasteiger partial charge in [-0.3, -0.25) is 9.69 Å².